The second-order valence-electron chi connectivity index (χ2n) is 4.62. The minimum atomic E-state index is -0.155. The number of hydrogen-bond donors (Lipinski definition) is 1. The average Bonchev–Trinajstić information content (AvgIpc) is 2.30. The van der Waals surface area contributed by atoms with Gasteiger partial charge in [-0.05, 0) is 49.2 Å². The minimum absolute atomic E-state index is 0.155. The number of likely N-dealkylation sites (N-methyl/N-ethyl adjacent to an activating group) is 1. The fraction of sp³-hybridized carbons (Fsp3) is 0.357. The summed E-state index contributed by atoms with van der Waals surface area (Å²) in [4.78, 5) is 13.6. The lowest BCUT2D eigenvalue weighted by Gasteiger charge is -2.26. The molecule has 3 nitrogen and oxygen atoms in total. The normalized spacial score (nSPS) is 15.2. The van der Waals surface area contributed by atoms with Crippen molar-refractivity contribution in [2.75, 3.05) is 18.9 Å². The van der Waals surface area contributed by atoms with Crippen LogP contribution in [0.15, 0.2) is 24.8 Å². The van der Waals surface area contributed by atoms with Gasteiger partial charge in [0.2, 0.25) is 5.91 Å². The molecule has 0 fully saturated rings. The fourth-order valence-electron chi connectivity index (χ4n) is 2.19. The lowest BCUT2D eigenvalue weighted by atomic mass is 9.96. The van der Waals surface area contributed by atoms with E-state index in [9.17, 15) is 4.79 Å². The summed E-state index contributed by atoms with van der Waals surface area (Å²) in [5, 5.41) is 2.85. The van der Waals surface area contributed by atoms with Gasteiger partial charge in [-0.15, -0.1) is 0 Å². The van der Waals surface area contributed by atoms with Crippen molar-refractivity contribution >= 4 is 11.6 Å². The average molecular weight is 230 g/mol. The molecule has 1 aliphatic heterocycles. The first kappa shape index (κ1) is 11.9. The van der Waals surface area contributed by atoms with E-state index < -0.39 is 0 Å². The molecule has 0 aliphatic carbocycles. The zero-order chi connectivity index (χ0) is 12.4. The molecule has 1 N–H and O–H groups in total. The van der Waals surface area contributed by atoms with Gasteiger partial charge in [0.05, 0.1) is 0 Å². The Morgan fingerprint density at radius 2 is 2.24 bits per heavy atom. The fourth-order valence-corrected chi connectivity index (χ4v) is 2.19. The Labute approximate surface area is 102 Å². The van der Waals surface area contributed by atoms with E-state index in [-0.39, 0.29) is 5.91 Å². The molecule has 2 rings (SSSR count). The quantitative estimate of drug-likeness (QED) is 0.789. The molecule has 3 heteroatoms. The van der Waals surface area contributed by atoms with Crippen LogP contribution >= 0.6 is 0 Å². The number of fused-ring (bicyclic) bond motifs is 1. The minimum Gasteiger partial charge on any atom is -0.322 e. The molecule has 0 aromatic heterocycles. The molecule has 17 heavy (non-hydrogen) atoms. The van der Waals surface area contributed by atoms with Crippen LogP contribution in [0.25, 0.3) is 0 Å². The van der Waals surface area contributed by atoms with Crippen molar-refractivity contribution in [2.24, 2.45) is 0 Å². The first-order chi connectivity index (χ1) is 8.10. The van der Waals surface area contributed by atoms with Crippen LogP contribution in [0.4, 0.5) is 5.69 Å². The first-order valence-electron chi connectivity index (χ1n) is 5.84. The third-order valence-electron chi connectivity index (χ3n) is 3.19. The summed E-state index contributed by atoms with van der Waals surface area (Å²) in [6, 6.07) is 4.27. The van der Waals surface area contributed by atoms with Gasteiger partial charge >= 0.3 is 0 Å². The van der Waals surface area contributed by atoms with Crippen LogP contribution in [-0.4, -0.2) is 24.4 Å². The van der Waals surface area contributed by atoms with Crippen molar-refractivity contribution in [1.29, 1.82) is 0 Å². The molecule has 1 aliphatic rings. The van der Waals surface area contributed by atoms with Crippen molar-refractivity contribution in [2.45, 2.75) is 19.9 Å². The third-order valence-corrected chi connectivity index (χ3v) is 3.19. The molecular formula is C14H18N2O. The highest BCUT2D eigenvalue weighted by Crippen LogP contribution is 2.25. The van der Waals surface area contributed by atoms with E-state index in [1.54, 1.807) is 0 Å². The predicted molar refractivity (Wildman–Crippen MR) is 70.0 cm³/mol. The van der Waals surface area contributed by atoms with Crippen LogP contribution in [0.2, 0.25) is 0 Å². The topological polar surface area (TPSA) is 32.3 Å². The maximum absolute atomic E-state index is 11.3. The summed E-state index contributed by atoms with van der Waals surface area (Å²) in [6.45, 7) is 7.54. The highest BCUT2D eigenvalue weighted by atomic mass is 16.1. The van der Waals surface area contributed by atoms with Gasteiger partial charge in [-0.25, -0.2) is 0 Å². The predicted octanol–water partition coefficient (Wildman–Crippen LogP) is 2.11. The maximum Gasteiger partial charge on any atom is 0.247 e. The lowest BCUT2D eigenvalue weighted by molar-refractivity contribution is -0.111. The second-order valence-corrected chi connectivity index (χ2v) is 4.62. The number of carbonyl (C=O) groups excluding carboxylic acids is 1. The van der Waals surface area contributed by atoms with Gasteiger partial charge < -0.3 is 10.2 Å². The van der Waals surface area contributed by atoms with Crippen LogP contribution < -0.4 is 5.32 Å². The highest BCUT2D eigenvalue weighted by molar-refractivity contribution is 5.99. The Bertz CT molecular complexity index is 466. The summed E-state index contributed by atoms with van der Waals surface area (Å²) >= 11 is 0. The van der Waals surface area contributed by atoms with E-state index in [0.717, 1.165) is 30.8 Å². The molecule has 90 valence electrons. The largest absolute Gasteiger partial charge is 0.322 e. The molecule has 0 bridgehead atoms. The Kier molecular flexibility index (Phi) is 3.29. The molecule has 1 aromatic rings. The number of aryl methyl sites for hydroxylation is 1. The van der Waals surface area contributed by atoms with E-state index >= 15 is 0 Å². The van der Waals surface area contributed by atoms with E-state index in [2.05, 4.69) is 36.0 Å². The molecule has 0 saturated heterocycles. The van der Waals surface area contributed by atoms with Gasteiger partial charge in [-0.3, -0.25) is 4.79 Å². The van der Waals surface area contributed by atoms with Gasteiger partial charge in [-0.1, -0.05) is 12.6 Å². The molecular weight excluding hydrogens is 212 g/mol. The van der Waals surface area contributed by atoms with Gasteiger partial charge in [-0.2, -0.15) is 0 Å². The van der Waals surface area contributed by atoms with Gasteiger partial charge in [0.25, 0.3) is 0 Å². The summed E-state index contributed by atoms with van der Waals surface area (Å²) in [5.74, 6) is -0.155. The maximum atomic E-state index is 11.3. The summed E-state index contributed by atoms with van der Waals surface area (Å²) in [7, 11) is 2.12. The number of carbonyl (C=O) groups is 1. The molecule has 0 atom stereocenters. The SMILES string of the molecule is C=CC(=O)Nc1cc2c(cc1C)CCN(C)C2. The van der Waals surface area contributed by atoms with Gasteiger partial charge in [0.15, 0.2) is 0 Å². The van der Waals surface area contributed by atoms with Crippen molar-refractivity contribution in [3.8, 4) is 0 Å². The standard InChI is InChI=1S/C14H18N2O/c1-4-14(17)15-13-8-12-9-16(3)6-5-11(12)7-10(13)2/h4,7-8H,1,5-6,9H2,2-3H3,(H,15,17). The number of amides is 1. The molecule has 0 spiro atoms. The smallest absolute Gasteiger partial charge is 0.247 e. The highest BCUT2D eigenvalue weighted by Gasteiger charge is 2.15. The number of benzene rings is 1. The monoisotopic (exact) mass is 230 g/mol. The van der Waals surface area contributed by atoms with Crippen LogP contribution in [0, 0.1) is 6.92 Å². The van der Waals surface area contributed by atoms with Crippen LogP contribution in [0.5, 0.6) is 0 Å². The van der Waals surface area contributed by atoms with E-state index in [4.69, 9.17) is 0 Å². The van der Waals surface area contributed by atoms with Crippen LogP contribution in [0.1, 0.15) is 16.7 Å². The molecule has 1 heterocycles. The Hall–Kier alpha value is -1.61. The van der Waals surface area contributed by atoms with Crippen molar-refractivity contribution in [1.82, 2.24) is 4.90 Å². The molecule has 1 aromatic carbocycles. The third kappa shape index (κ3) is 2.56. The molecule has 1 amide bonds. The van der Waals surface area contributed by atoms with Crippen LogP contribution in [0.3, 0.4) is 0 Å². The molecule has 0 saturated carbocycles. The van der Waals surface area contributed by atoms with Crippen molar-refractivity contribution in [3.05, 3.63) is 41.5 Å². The first-order valence-corrected chi connectivity index (χ1v) is 5.84. The van der Waals surface area contributed by atoms with E-state index in [0.29, 0.717) is 0 Å². The number of rotatable bonds is 2. The Morgan fingerprint density at radius 3 is 2.94 bits per heavy atom. The number of hydrogen-bond acceptors (Lipinski definition) is 2. The zero-order valence-corrected chi connectivity index (χ0v) is 10.4. The van der Waals surface area contributed by atoms with Gasteiger partial charge in [0.1, 0.15) is 0 Å². The summed E-state index contributed by atoms with van der Waals surface area (Å²) < 4.78 is 0. The van der Waals surface area contributed by atoms with E-state index in [1.165, 1.54) is 17.2 Å². The number of nitrogens with zero attached hydrogens (tertiary/aromatic N) is 1. The van der Waals surface area contributed by atoms with E-state index in [1.807, 2.05) is 6.92 Å². The van der Waals surface area contributed by atoms with Crippen LogP contribution in [-0.2, 0) is 17.8 Å². The number of anilines is 1. The zero-order valence-electron chi connectivity index (χ0n) is 10.4. The Morgan fingerprint density at radius 1 is 1.47 bits per heavy atom. The Balaban J connectivity index is 2.32. The lowest BCUT2D eigenvalue weighted by Crippen LogP contribution is -2.26. The molecule has 0 unspecified atom stereocenters. The second kappa shape index (κ2) is 4.72. The number of nitrogens with one attached hydrogen (secondary N) is 1. The van der Waals surface area contributed by atoms with Crippen molar-refractivity contribution in [3.63, 3.8) is 0 Å². The van der Waals surface area contributed by atoms with Crippen molar-refractivity contribution < 1.29 is 4.79 Å². The summed E-state index contributed by atoms with van der Waals surface area (Å²) in [6.07, 6.45) is 2.38. The summed E-state index contributed by atoms with van der Waals surface area (Å²) in [5.41, 5.74) is 4.72. The molecule has 0 radical (unpaired) electrons. The van der Waals surface area contributed by atoms with Gasteiger partial charge in [0, 0.05) is 18.8 Å².